The highest BCUT2D eigenvalue weighted by atomic mass is 32.2. The van der Waals surface area contributed by atoms with Crippen LogP contribution in [0.15, 0.2) is 42.5 Å². The number of nitrogens with zero attached hydrogens (tertiary/aromatic N) is 1. The Labute approximate surface area is 175 Å². The summed E-state index contributed by atoms with van der Waals surface area (Å²) in [7, 11) is -3.70. The normalized spacial score (nSPS) is 18.8. The molecule has 2 heterocycles. The summed E-state index contributed by atoms with van der Waals surface area (Å²) in [6.07, 6.45) is 1.64. The molecule has 8 nitrogen and oxygen atoms in total. The first-order chi connectivity index (χ1) is 14.1. The van der Waals surface area contributed by atoms with Crippen LogP contribution in [0.5, 0.6) is 17.2 Å². The van der Waals surface area contributed by atoms with Crippen molar-refractivity contribution in [3.8, 4) is 17.2 Å². The molecule has 1 atom stereocenters. The van der Waals surface area contributed by atoms with Crippen LogP contribution < -0.4 is 23.8 Å². The van der Waals surface area contributed by atoms with Gasteiger partial charge in [-0.2, -0.15) is 0 Å². The number of carbonyl (C=O) groups excluding carboxylic acids is 1. The molecule has 30 heavy (non-hydrogen) atoms. The minimum absolute atomic E-state index is 0.0804. The van der Waals surface area contributed by atoms with E-state index in [4.69, 9.17) is 14.2 Å². The Morgan fingerprint density at radius 3 is 2.63 bits per heavy atom. The largest absolute Gasteiger partial charge is 0.487 e. The molecule has 1 unspecified atom stereocenters. The van der Waals surface area contributed by atoms with Crippen molar-refractivity contribution in [1.82, 2.24) is 5.32 Å². The third kappa shape index (κ3) is 4.16. The molecule has 0 bridgehead atoms. The number of ether oxygens (including phenoxy) is 3. The predicted octanol–water partition coefficient (Wildman–Crippen LogP) is 2.60. The Morgan fingerprint density at radius 1 is 1.13 bits per heavy atom. The summed E-state index contributed by atoms with van der Waals surface area (Å²) >= 11 is 0. The molecule has 1 amide bonds. The van der Waals surface area contributed by atoms with E-state index in [2.05, 4.69) is 5.32 Å². The third-order valence-corrected chi connectivity index (χ3v) is 6.18. The molecule has 2 aliphatic heterocycles. The van der Waals surface area contributed by atoms with E-state index < -0.39 is 21.5 Å². The van der Waals surface area contributed by atoms with Crippen LogP contribution >= 0.6 is 0 Å². The summed E-state index contributed by atoms with van der Waals surface area (Å²) in [5.74, 6) is 1.30. The molecule has 0 aliphatic carbocycles. The quantitative estimate of drug-likeness (QED) is 0.781. The van der Waals surface area contributed by atoms with Crippen molar-refractivity contribution >= 4 is 21.6 Å². The summed E-state index contributed by atoms with van der Waals surface area (Å²) in [6.45, 7) is 3.64. The van der Waals surface area contributed by atoms with E-state index in [0.29, 0.717) is 23.6 Å². The summed E-state index contributed by atoms with van der Waals surface area (Å²) in [5.41, 5.74) is 0.754. The number of carbonyl (C=O) groups is 1. The third-order valence-electron chi connectivity index (χ3n) is 5.04. The van der Waals surface area contributed by atoms with E-state index in [1.165, 1.54) is 0 Å². The van der Waals surface area contributed by atoms with Crippen LogP contribution in [-0.4, -0.2) is 39.5 Å². The Morgan fingerprint density at radius 2 is 1.87 bits per heavy atom. The monoisotopic (exact) mass is 432 g/mol. The van der Waals surface area contributed by atoms with E-state index in [-0.39, 0.29) is 19.4 Å². The lowest BCUT2D eigenvalue weighted by Gasteiger charge is -2.38. The summed E-state index contributed by atoms with van der Waals surface area (Å²) < 4.78 is 42.5. The van der Waals surface area contributed by atoms with Gasteiger partial charge in [-0.1, -0.05) is 18.2 Å². The number of anilines is 1. The highest BCUT2D eigenvalue weighted by molar-refractivity contribution is 7.92. The maximum absolute atomic E-state index is 12.9. The zero-order chi connectivity index (χ0) is 21.5. The maximum atomic E-state index is 12.9. The molecule has 9 heteroatoms. The standard InChI is InChI=1S/C21H24N2O6S/c1-21(2)11-16(15-6-4-5-7-17(15)29-21)22-20(24)12-23(30(3,25)26)14-8-9-18-19(10-14)28-13-27-18/h4-10,16H,11-13H2,1-3H3,(H,22,24). The predicted molar refractivity (Wildman–Crippen MR) is 111 cm³/mol. The second-order valence-electron chi connectivity index (χ2n) is 8.03. The van der Waals surface area contributed by atoms with Gasteiger partial charge in [-0.15, -0.1) is 0 Å². The van der Waals surface area contributed by atoms with Crippen LogP contribution in [0, 0.1) is 0 Å². The van der Waals surface area contributed by atoms with Crippen LogP contribution in [0.2, 0.25) is 0 Å². The van der Waals surface area contributed by atoms with Gasteiger partial charge in [0.15, 0.2) is 11.5 Å². The maximum Gasteiger partial charge on any atom is 0.241 e. The van der Waals surface area contributed by atoms with Crippen molar-refractivity contribution in [2.45, 2.75) is 31.9 Å². The lowest BCUT2D eigenvalue weighted by molar-refractivity contribution is -0.120. The number of amides is 1. The van der Waals surface area contributed by atoms with Gasteiger partial charge in [0.05, 0.1) is 18.0 Å². The molecule has 160 valence electrons. The van der Waals surface area contributed by atoms with Gasteiger partial charge in [0.2, 0.25) is 22.7 Å². The Kier molecular flexibility index (Phi) is 5.01. The zero-order valence-electron chi connectivity index (χ0n) is 17.0. The van der Waals surface area contributed by atoms with Crippen LogP contribution in [0.1, 0.15) is 31.9 Å². The number of sulfonamides is 1. The molecule has 4 rings (SSSR count). The van der Waals surface area contributed by atoms with E-state index in [0.717, 1.165) is 21.9 Å². The average molecular weight is 432 g/mol. The van der Waals surface area contributed by atoms with Gasteiger partial charge in [-0.25, -0.2) is 8.42 Å². The van der Waals surface area contributed by atoms with Crippen molar-refractivity contribution < 1.29 is 27.4 Å². The SMILES string of the molecule is CC1(C)CC(NC(=O)CN(c2ccc3c(c2)OCO3)S(C)(=O)=O)c2ccccc2O1. The second kappa shape index (κ2) is 7.39. The first-order valence-corrected chi connectivity index (χ1v) is 11.4. The number of hydrogen-bond acceptors (Lipinski definition) is 6. The van der Waals surface area contributed by atoms with E-state index in [9.17, 15) is 13.2 Å². The van der Waals surface area contributed by atoms with Gasteiger partial charge in [0.25, 0.3) is 0 Å². The highest BCUT2D eigenvalue weighted by Gasteiger charge is 2.35. The first-order valence-electron chi connectivity index (χ1n) is 9.57. The van der Waals surface area contributed by atoms with E-state index in [1.807, 2.05) is 38.1 Å². The van der Waals surface area contributed by atoms with Gasteiger partial charge >= 0.3 is 0 Å². The summed E-state index contributed by atoms with van der Waals surface area (Å²) in [5, 5.41) is 2.97. The highest BCUT2D eigenvalue weighted by Crippen LogP contribution is 2.39. The lowest BCUT2D eigenvalue weighted by Crippen LogP contribution is -2.45. The molecule has 2 aromatic carbocycles. The van der Waals surface area contributed by atoms with Gasteiger partial charge in [0, 0.05) is 18.1 Å². The minimum Gasteiger partial charge on any atom is -0.487 e. The van der Waals surface area contributed by atoms with Crippen molar-refractivity contribution in [1.29, 1.82) is 0 Å². The average Bonchev–Trinajstić information content (AvgIpc) is 3.12. The van der Waals surface area contributed by atoms with Crippen LogP contribution in [0.3, 0.4) is 0 Å². The number of fused-ring (bicyclic) bond motifs is 2. The van der Waals surface area contributed by atoms with Gasteiger partial charge in [0.1, 0.15) is 17.9 Å². The Hall–Kier alpha value is -2.94. The fourth-order valence-corrected chi connectivity index (χ4v) is 4.59. The minimum atomic E-state index is -3.70. The summed E-state index contributed by atoms with van der Waals surface area (Å²) in [6, 6.07) is 12.0. The van der Waals surface area contributed by atoms with Crippen LogP contribution in [-0.2, 0) is 14.8 Å². The molecule has 1 N–H and O–H groups in total. The molecular formula is C21H24N2O6S. The van der Waals surface area contributed by atoms with Crippen LogP contribution in [0.4, 0.5) is 5.69 Å². The van der Waals surface area contributed by atoms with E-state index in [1.54, 1.807) is 18.2 Å². The van der Waals surface area contributed by atoms with Crippen molar-refractivity contribution in [3.05, 3.63) is 48.0 Å². The molecule has 0 aromatic heterocycles. The fraction of sp³-hybridized carbons (Fsp3) is 0.381. The zero-order valence-corrected chi connectivity index (χ0v) is 17.9. The Bertz CT molecular complexity index is 1080. The van der Waals surface area contributed by atoms with Gasteiger partial charge in [-0.3, -0.25) is 9.10 Å². The molecule has 2 aromatic rings. The molecule has 0 saturated carbocycles. The fourth-order valence-electron chi connectivity index (χ4n) is 3.74. The van der Waals surface area contributed by atoms with Crippen molar-refractivity contribution in [2.75, 3.05) is 23.9 Å². The molecule has 0 fully saturated rings. The summed E-state index contributed by atoms with van der Waals surface area (Å²) in [4.78, 5) is 12.9. The molecule has 2 aliphatic rings. The van der Waals surface area contributed by atoms with Crippen LogP contribution in [0.25, 0.3) is 0 Å². The molecule has 0 radical (unpaired) electrons. The van der Waals surface area contributed by atoms with Crippen molar-refractivity contribution in [2.24, 2.45) is 0 Å². The number of rotatable bonds is 5. The van der Waals surface area contributed by atoms with Gasteiger partial charge < -0.3 is 19.5 Å². The second-order valence-corrected chi connectivity index (χ2v) is 9.94. The van der Waals surface area contributed by atoms with Crippen molar-refractivity contribution in [3.63, 3.8) is 0 Å². The first kappa shape index (κ1) is 20.3. The number of nitrogens with one attached hydrogen (secondary N) is 1. The molecule has 0 spiro atoms. The Balaban J connectivity index is 1.56. The number of hydrogen-bond donors (Lipinski definition) is 1. The smallest absolute Gasteiger partial charge is 0.241 e. The lowest BCUT2D eigenvalue weighted by atomic mass is 9.89. The topological polar surface area (TPSA) is 94.2 Å². The molecule has 0 saturated heterocycles. The van der Waals surface area contributed by atoms with E-state index >= 15 is 0 Å². The molecular weight excluding hydrogens is 408 g/mol. The number of para-hydroxylation sites is 1. The number of benzene rings is 2. The van der Waals surface area contributed by atoms with Gasteiger partial charge in [-0.05, 0) is 32.0 Å².